The molecule has 32 heavy (non-hydrogen) atoms. The highest BCUT2D eigenvalue weighted by Gasteiger charge is 2.39. The van der Waals surface area contributed by atoms with Crippen molar-refractivity contribution in [1.82, 2.24) is 4.90 Å². The van der Waals surface area contributed by atoms with E-state index in [0.29, 0.717) is 41.5 Å². The van der Waals surface area contributed by atoms with Crippen LogP contribution in [0.2, 0.25) is 0 Å². The number of nitrogens with zero attached hydrogens (tertiary/aromatic N) is 1. The summed E-state index contributed by atoms with van der Waals surface area (Å²) < 4.78 is 29.6. The Labute approximate surface area is 186 Å². The molecule has 1 aliphatic rings. The number of imide groups is 1. The van der Waals surface area contributed by atoms with Gasteiger partial charge in [0.05, 0.1) is 26.9 Å². The van der Waals surface area contributed by atoms with Crippen molar-refractivity contribution in [1.29, 1.82) is 0 Å². The molecule has 3 rings (SSSR count). The van der Waals surface area contributed by atoms with Crippen LogP contribution in [0.5, 0.6) is 17.2 Å². The fourth-order valence-corrected chi connectivity index (χ4v) is 3.60. The molecule has 2 aromatic rings. The number of nitrogens with one attached hydrogen (secondary N) is 1. The lowest BCUT2D eigenvalue weighted by Crippen LogP contribution is -2.33. The summed E-state index contributed by atoms with van der Waals surface area (Å²) in [5, 5.41) is 3.06. The van der Waals surface area contributed by atoms with Gasteiger partial charge in [0.15, 0.2) is 11.5 Å². The molecule has 0 radical (unpaired) electrons. The Bertz CT molecular complexity index is 1010. The highest BCUT2D eigenvalue weighted by molar-refractivity contribution is 6.36. The molecule has 1 heterocycles. The number of hydrogen-bond acceptors (Lipinski definition) is 6. The molecular weight excluding hydrogens is 415 g/mol. The number of hydrogen-bond donors (Lipinski definition) is 1. The lowest BCUT2D eigenvalue weighted by Gasteiger charge is -2.16. The fourth-order valence-electron chi connectivity index (χ4n) is 3.60. The number of carbonyl (C=O) groups is 2. The summed E-state index contributed by atoms with van der Waals surface area (Å²) in [5.41, 5.74) is 1.25. The minimum absolute atomic E-state index is 0.118. The van der Waals surface area contributed by atoms with Gasteiger partial charge in [0.2, 0.25) is 5.75 Å². The first-order valence-electron chi connectivity index (χ1n) is 10.4. The highest BCUT2D eigenvalue weighted by Crippen LogP contribution is 2.41. The van der Waals surface area contributed by atoms with E-state index in [4.69, 9.17) is 14.2 Å². The van der Waals surface area contributed by atoms with Crippen LogP contribution in [0.4, 0.5) is 10.1 Å². The summed E-state index contributed by atoms with van der Waals surface area (Å²) in [7, 11) is 4.48. The Balaban J connectivity index is 2.05. The van der Waals surface area contributed by atoms with Crippen LogP contribution in [0.25, 0.3) is 5.57 Å². The second-order valence-corrected chi connectivity index (χ2v) is 7.26. The summed E-state index contributed by atoms with van der Waals surface area (Å²) in [6, 6.07) is 8.79. The molecule has 1 N–H and O–H groups in total. The van der Waals surface area contributed by atoms with Gasteiger partial charge >= 0.3 is 0 Å². The summed E-state index contributed by atoms with van der Waals surface area (Å²) in [6.45, 7) is 2.36. The van der Waals surface area contributed by atoms with Crippen molar-refractivity contribution in [3.63, 3.8) is 0 Å². The number of benzene rings is 2. The molecule has 0 unspecified atom stereocenters. The summed E-state index contributed by atoms with van der Waals surface area (Å²) in [5.74, 6) is -0.0649. The van der Waals surface area contributed by atoms with E-state index in [-0.39, 0.29) is 11.3 Å². The Hall–Kier alpha value is -3.55. The molecule has 0 bridgehead atoms. The Morgan fingerprint density at radius 3 is 2.06 bits per heavy atom. The van der Waals surface area contributed by atoms with E-state index >= 15 is 0 Å². The quantitative estimate of drug-likeness (QED) is 0.438. The van der Waals surface area contributed by atoms with Crippen molar-refractivity contribution in [3.8, 4) is 17.2 Å². The van der Waals surface area contributed by atoms with Gasteiger partial charge in [-0.3, -0.25) is 14.5 Å². The number of ether oxygens (including phenoxy) is 3. The number of amides is 2. The van der Waals surface area contributed by atoms with Gasteiger partial charge in [-0.05, 0) is 24.1 Å². The van der Waals surface area contributed by atoms with Gasteiger partial charge in [-0.15, -0.1) is 0 Å². The van der Waals surface area contributed by atoms with E-state index < -0.39 is 17.6 Å². The van der Waals surface area contributed by atoms with E-state index in [0.717, 1.165) is 12.8 Å². The van der Waals surface area contributed by atoms with Crippen molar-refractivity contribution in [3.05, 3.63) is 53.5 Å². The van der Waals surface area contributed by atoms with Gasteiger partial charge in [0, 0.05) is 24.4 Å². The lowest BCUT2D eigenvalue weighted by atomic mass is 10.0. The molecule has 1 aliphatic heterocycles. The van der Waals surface area contributed by atoms with Crippen LogP contribution in [0, 0.1) is 5.82 Å². The number of anilines is 1. The number of unbranched alkanes of at least 4 members (excludes halogenated alkanes) is 2. The zero-order chi connectivity index (χ0) is 23.3. The predicted molar refractivity (Wildman–Crippen MR) is 119 cm³/mol. The molecule has 2 amide bonds. The van der Waals surface area contributed by atoms with Gasteiger partial charge in [0.25, 0.3) is 11.8 Å². The Morgan fingerprint density at radius 2 is 1.53 bits per heavy atom. The normalized spacial score (nSPS) is 13.6. The molecule has 7 nitrogen and oxygen atoms in total. The molecule has 0 aliphatic carbocycles. The maximum absolute atomic E-state index is 13.5. The smallest absolute Gasteiger partial charge is 0.278 e. The number of halogens is 1. The average Bonchev–Trinajstić information content (AvgIpc) is 3.03. The van der Waals surface area contributed by atoms with E-state index in [9.17, 15) is 14.0 Å². The molecule has 0 saturated heterocycles. The summed E-state index contributed by atoms with van der Waals surface area (Å²) >= 11 is 0. The van der Waals surface area contributed by atoms with Gasteiger partial charge in [-0.2, -0.15) is 0 Å². The minimum atomic E-state index is -0.431. The highest BCUT2D eigenvalue weighted by atomic mass is 19.1. The van der Waals surface area contributed by atoms with Crippen molar-refractivity contribution in [2.24, 2.45) is 0 Å². The fraction of sp³-hybridized carbons (Fsp3) is 0.333. The maximum atomic E-state index is 13.5. The third-order valence-electron chi connectivity index (χ3n) is 5.22. The van der Waals surface area contributed by atoms with Gasteiger partial charge in [-0.25, -0.2) is 4.39 Å². The largest absolute Gasteiger partial charge is 0.493 e. The molecule has 0 aromatic heterocycles. The van der Waals surface area contributed by atoms with Crippen molar-refractivity contribution in [2.75, 3.05) is 33.2 Å². The lowest BCUT2D eigenvalue weighted by molar-refractivity contribution is -0.136. The average molecular weight is 442 g/mol. The van der Waals surface area contributed by atoms with Crippen LogP contribution >= 0.6 is 0 Å². The number of carbonyl (C=O) groups excluding carboxylic acids is 2. The molecule has 0 spiro atoms. The van der Waals surface area contributed by atoms with Crippen LogP contribution in [0.3, 0.4) is 0 Å². The Morgan fingerprint density at radius 1 is 0.906 bits per heavy atom. The molecule has 2 aromatic carbocycles. The number of methoxy groups -OCH3 is 3. The first-order valence-corrected chi connectivity index (χ1v) is 10.4. The van der Waals surface area contributed by atoms with Gasteiger partial charge in [-0.1, -0.05) is 31.9 Å². The Kier molecular flexibility index (Phi) is 7.35. The van der Waals surface area contributed by atoms with E-state index in [1.54, 1.807) is 12.1 Å². The zero-order valence-corrected chi connectivity index (χ0v) is 18.7. The third-order valence-corrected chi connectivity index (χ3v) is 5.22. The molecule has 0 saturated carbocycles. The van der Waals surface area contributed by atoms with Crippen LogP contribution in [0.15, 0.2) is 42.1 Å². The molecule has 170 valence electrons. The molecule has 0 fully saturated rings. The monoisotopic (exact) mass is 442 g/mol. The van der Waals surface area contributed by atoms with Crippen LogP contribution in [-0.2, 0) is 9.59 Å². The van der Waals surface area contributed by atoms with Crippen molar-refractivity contribution >= 4 is 23.1 Å². The van der Waals surface area contributed by atoms with Gasteiger partial charge < -0.3 is 19.5 Å². The SMILES string of the molecule is CCCCCN1C(=O)C(Nc2cc(OC)c(OC)c(OC)c2)=C(c2ccc(F)cc2)C1=O. The van der Waals surface area contributed by atoms with E-state index in [2.05, 4.69) is 5.32 Å². The van der Waals surface area contributed by atoms with Gasteiger partial charge in [0.1, 0.15) is 11.5 Å². The molecular formula is C24H27FN2O5. The van der Waals surface area contributed by atoms with Crippen molar-refractivity contribution < 1.29 is 28.2 Å². The summed E-state index contributed by atoms with van der Waals surface area (Å²) in [6.07, 6.45) is 2.58. The minimum Gasteiger partial charge on any atom is -0.493 e. The maximum Gasteiger partial charge on any atom is 0.278 e. The first kappa shape index (κ1) is 23.1. The van der Waals surface area contributed by atoms with E-state index in [1.807, 2.05) is 6.92 Å². The third kappa shape index (κ3) is 4.54. The van der Waals surface area contributed by atoms with Crippen LogP contribution < -0.4 is 19.5 Å². The topological polar surface area (TPSA) is 77.1 Å². The molecule has 8 heteroatoms. The second kappa shape index (κ2) is 10.2. The van der Waals surface area contributed by atoms with Crippen LogP contribution in [0.1, 0.15) is 31.7 Å². The predicted octanol–water partition coefficient (Wildman–Crippen LogP) is 4.23. The first-order chi connectivity index (χ1) is 15.4. The number of rotatable bonds is 10. The van der Waals surface area contributed by atoms with Crippen molar-refractivity contribution in [2.45, 2.75) is 26.2 Å². The zero-order valence-electron chi connectivity index (χ0n) is 18.7. The van der Waals surface area contributed by atoms with Crippen LogP contribution in [-0.4, -0.2) is 44.6 Å². The molecule has 0 atom stereocenters. The van der Waals surface area contributed by atoms with E-state index in [1.165, 1.54) is 50.5 Å². The standard InChI is InChI=1S/C24H27FN2O5/c1-5-6-7-12-27-23(28)20(15-8-10-16(25)11-9-15)21(24(27)29)26-17-13-18(30-2)22(32-4)19(14-17)31-3/h8-11,13-14,26H,5-7,12H2,1-4H3. The second-order valence-electron chi connectivity index (χ2n) is 7.26. The summed E-state index contributed by atoms with van der Waals surface area (Å²) in [4.78, 5) is 27.6.